The molecule has 0 fully saturated rings. The van der Waals surface area contributed by atoms with E-state index in [1.165, 1.54) is 16.9 Å². The second kappa shape index (κ2) is 6.10. The van der Waals surface area contributed by atoms with Crippen molar-refractivity contribution in [3.63, 3.8) is 0 Å². The van der Waals surface area contributed by atoms with Gasteiger partial charge < -0.3 is 5.32 Å². The molecule has 2 heteroatoms. The summed E-state index contributed by atoms with van der Waals surface area (Å²) < 4.78 is 0. The first-order valence-corrected chi connectivity index (χ1v) is 6.04. The van der Waals surface area contributed by atoms with Crippen LogP contribution >= 0.6 is 11.8 Å². The summed E-state index contributed by atoms with van der Waals surface area (Å²) in [5, 5.41) is 3.88. The molecule has 0 spiro atoms. The topological polar surface area (TPSA) is 12.0 Å². The third kappa shape index (κ3) is 3.72. The fraction of sp³-hybridized carbons (Fsp3) is 0.500. The zero-order valence-corrected chi connectivity index (χ0v) is 10.0. The minimum absolute atomic E-state index is 0.708. The van der Waals surface area contributed by atoms with Crippen molar-refractivity contribution in [2.45, 2.75) is 37.0 Å². The first-order chi connectivity index (χ1) is 6.76. The molecule has 0 aliphatic rings. The zero-order chi connectivity index (χ0) is 10.4. The predicted molar refractivity (Wildman–Crippen MR) is 64.8 cm³/mol. The maximum atomic E-state index is 3.17. The van der Waals surface area contributed by atoms with Crippen molar-refractivity contribution in [3.05, 3.63) is 29.8 Å². The van der Waals surface area contributed by atoms with E-state index in [1.54, 1.807) is 0 Å². The second-order valence-electron chi connectivity index (χ2n) is 3.51. The van der Waals surface area contributed by atoms with Crippen LogP contribution in [0.1, 0.15) is 25.8 Å². The summed E-state index contributed by atoms with van der Waals surface area (Å²) in [7, 11) is 1.98. The molecular weight excluding hydrogens is 190 g/mol. The molecule has 0 aliphatic carbocycles. The van der Waals surface area contributed by atoms with Gasteiger partial charge in [0.2, 0.25) is 0 Å². The monoisotopic (exact) mass is 209 g/mol. The van der Waals surface area contributed by atoms with Gasteiger partial charge in [0, 0.05) is 16.7 Å². The summed E-state index contributed by atoms with van der Waals surface area (Å²) in [6, 6.07) is 8.76. The molecular formula is C12H19NS. The van der Waals surface area contributed by atoms with Gasteiger partial charge in [0.1, 0.15) is 0 Å². The van der Waals surface area contributed by atoms with E-state index in [1.807, 2.05) is 18.8 Å². The Morgan fingerprint density at radius 1 is 1.43 bits per heavy atom. The molecule has 0 aliphatic heterocycles. The highest BCUT2D eigenvalue weighted by atomic mass is 32.2. The molecule has 0 amide bonds. The van der Waals surface area contributed by atoms with Crippen LogP contribution < -0.4 is 5.32 Å². The Morgan fingerprint density at radius 3 is 2.86 bits per heavy atom. The van der Waals surface area contributed by atoms with Crippen molar-refractivity contribution in [1.29, 1.82) is 0 Å². The normalized spacial score (nSPS) is 12.8. The van der Waals surface area contributed by atoms with Gasteiger partial charge in [-0.15, -0.1) is 11.8 Å². The van der Waals surface area contributed by atoms with Gasteiger partial charge in [-0.2, -0.15) is 0 Å². The molecule has 1 rings (SSSR count). The molecule has 1 nitrogen and oxygen atoms in total. The maximum Gasteiger partial charge on any atom is 0.0202 e. The highest BCUT2D eigenvalue weighted by molar-refractivity contribution is 7.99. The van der Waals surface area contributed by atoms with Crippen molar-refractivity contribution < 1.29 is 0 Å². The fourth-order valence-corrected chi connectivity index (χ4v) is 2.26. The van der Waals surface area contributed by atoms with E-state index in [-0.39, 0.29) is 0 Å². The fourth-order valence-electron chi connectivity index (χ4n) is 1.25. The smallest absolute Gasteiger partial charge is 0.0202 e. The molecule has 0 saturated carbocycles. The maximum absolute atomic E-state index is 3.17. The van der Waals surface area contributed by atoms with Crippen LogP contribution in [-0.4, -0.2) is 12.3 Å². The summed E-state index contributed by atoms with van der Waals surface area (Å²) >= 11 is 1.96. The Morgan fingerprint density at radius 2 is 2.21 bits per heavy atom. The lowest BCUT2D eigenvalue weighted by molar-refractivity contribution is 0.815. The molecule has 0 saturated heterocycles. The van der Waals surface area contributed by atoms with Crippen molar-refractivity contribution in [1.82, 2.24) is 5.32 Å². The number of hydrogen-bond donors (Lipinski definition) is 1. The van der Waals surface area contributed by atoms with Crippen LogP contribution in [0.4, 0.5) is 0 Å². The largest absolute Gasteiger partial charge is 0.316 e. The molecule has 78 valence electrons. The van der Waals surface area contributed by atoms with Gasteiger partial charge in [-0.25, -0.2) is 0 Å². The summed E-state index contributed by atoms with van der Waals surface area (Å²) in [6.45, 7) is 5.46. The first-order valence-electron chi connectivity index (χ1n) is 5.16. The van der Waals surface area contributed by atoms with Gasteiger partial charge in [-0.3, -0.25) is 0 Å². The van der Waals surface area contributed by atoms with Crippen LogP contribution in [0, 0.1) is 0 Å². The molecule has 0 aromatic heterocycles. The molecule has 0 bridgehead atoms. The highest BCUT2D eigenvalue weighted by Gasteiger charge is 2.01. The summed E-state index contributed by atoms with van der Waals surface area (Å²) in [4.78, 5) is 1.38. The number of benzene rings is 1. The third-order valence-corrected chi connectivity index (χ3v) is 3.45. The average molecular weight is 209 g/mol. The minimum atomic E-state index is 0.708. The molecule has 14 heavy (non-hydrogen) atoms. The third-order valence-electron chi connectivity index (χ3n) is 2.19. The van der Waals surface area contributed by atoms with Gasteiger partial charge in [-0.05, 0) is 31.2 Å². The van der Waals surface area contributed by atoms with Gasteiger partial charge in [0.25, 0.3) is 0 Å². The lowest BCUT2D eigenvalue weighted by atomic mass is 10.2. The Hall–Kier alpha value is -0.470. The lowest BCUT2D eigenvalue weighted by Gasteiger charge is -2.09. The zero-order valence-electron chi connectivity index (χ0n) is 9.21. The molecule has 1 N–H and O–H groups in total. The molecule has 1 aromatic rings. The van der Waals surface area contributed by atoms with Crippen LogP contribution in [0.5, 0.6) is 0 Å². The lowest BCUT2D eigenvalue weighted by Crippen LogP contribution is -2.04. The van der Waals surface area contributed by atoms with Gasteiger partial charge in [0.05, 0.1) is 0 Å². The highest BCUT2D eigenvalue weighted by Crippen LogP contribution is 2.25. The van der Waals surface area contributed by atoms with Crippen LogP contribution in [0.2, 0.25) is 0 Å². The van der Waals surface area contributed by atoms with E-state index in [4.69, 9.17) is 0 Å². The first kappa shape index (κ1) is 11.6. The predicted octanol–water partition coefficient (Wildman–Crippen LogP) is 3.30. The van der Waals surface area contributed by atoms with Crippen LogP contribution in [0.25, 0.3) is 0 Å². The van der Waals surface area contributed by atoms with E-state index in [9.17, 15) is 0 Å². The number of thioether (sulfide) groups is 1. The van der Waals surface area contributed by atoms with Gasteiger partial charge in [0.15, 0.2) is 0 Å². The summed E-state index contributed by atoms with van der Waals surface area (Å²) in [5.74, 6) is 0. The van der Waals surface area contributed by atoms with Crippen molar-refractivity contribution in [3.8, 4) is 0 Å². The minimum Gasteiger partial charge on any atom is -0.316 e. The number of nitrogens with one attached hydrogen (secondary N) is 1. The van der Waals surface area contributed by atoms with E-state index in [2.05, 4.69) is 43.4 Å². The number of rotatable bonds is 5. The van der Waals surface area contributed by atoms with Crippen molar-refractivity contribution in [2.24, 2.45) is 0 Å². The van der Waals surface area contributed by atoms with E-state index in [0.29, 0.717) is 5.25 Å². The quantitative estimate of drug-likeness (QED) is 0.747. The van der Waals surface area contributed by atoms with Gasteiger partial charge >= 0.3 is 0 Å². The van der Waals surface area contributed by atoms with Crippen LogP contribution in [0.15, 0.2) is 29.2 Å². The van der Waals surface area contributed by atoms with Crippen LogP contribution in [0.3, 0.4) is 0 Å². The van der Waals surface area contributed by atoms with E-state index < -0.39 is 0 Å². The average Bonchev–Trinajstić information content (AvgIpc) is 2.19. The molecule has 1 aromatic carbocycles. The van der Waals surface area contributed by atoms with Gasteiger partial charge in [-0.1, -0.05) is 26.0 Å². The summed E-state index contributed by atoms with van der Waals surface area (Å²) in [5.41, 5.74) is 1.36. The standard InChI is InChI=1S/C12H19NS/c1-4-10(2)14-12-7-5-6-11(8-12)9-13-3/h5-8,10,13H,4,9H2,1-3H3. The Labute approximate surface area is 91.3 Å². The molecule has 0 radical (unpaired) electrons. The van der Waals surface area contributed by atoms with Crippen LogP contribution in [-0.2, 0) is 6.54 Å². The Kier molecular flexibility index (Phi) is 5.05. The van der Waals surface area contributed by atoms with Crippen molar-refractivity contribution in [2.75, 3.05) is 7.05 Å². The van der Waals surface area contributed by atoms with Crippen molar-refractivity contribution >= 4 is 11.8 Å². The Balaban J connectivity index is 2.63. The summed E-state index contributed by atoms with van der Waals surface area (Å²) in [6.07, 6.45) is 1.22. The van der Waals surface area contributed by atoms with E-state index >= 15 is 0 Å². The second-order valence-corrected chi connectivity index (χ2v) is 5.03. The van der Waals surface area contributed by atoms with E-state index in [0.717, 1.165) is 6.54 Å². The molecule has 1 atom stereocenters. The number of hydrogen-bond acceptors (Lipinski definition) is 2. The molecule has 0 heterocycles. The Bertz CT molecular complexity index is 273. The molecule has 1 unspecified atom stereocenters. The SMILES string of the molecule is CCC(C)Sc1cccc(CNC)c1.